The molecule has 4 atom stereocenters. The largest absolute Gasteiger partial charge is 0.284 e. The van der Waals surface area contributed by atoms with Crippen LogP contribution in [0.2, 0.25) is 15.1 Å². The zero-order chi connectivity index (χ0) is 22.4. The maximum absolute atomic E-state index is 13.3. The van der Waals surface area contributed by atoms with Gasteiger partial charge < -0.3 is 0 Å². The molecule has 1 saturated carbocycles. The molecule has 5 nitrogen and oxygen atoms in total. The summed E-state index contributed by atoms with van der Waals surface area (Å²) in [5.41, 5.74) is 5.33. The smallest absolute Gasteiger partial charge is 0.282 e. The van der Waals surface area contributed by atoms with Gasteiger partial charge in [0.2, 0.25) is 0 Å². The molecule has 32 heavy (non-hydrogen) atoms. The Morgan fingerprint density at radius 2 is 1.66 bits per heavy atom. The number of hydrazine groups is 1. The van der Waals surface area contributed by atoms with Crippen molar-refractivity contribution in [2.45, 2.75) is 32.2 Å². The zero-order valence-corrected chi connectivity index (χ0v) is 20.0. The Hall–Kier alpha value is -1.79. The fourth-order valence-electron chi connectivity index (χ4n) is 5.37. The lowest BCUT2D eigenvalue weighted by Gasteiger charge is -2.27. The van der Waals surface area contributed by atoms with E-state index in [1.54, 1.807) is 12.1 Å². The van der Waals surface area contributed by atoms with Crippen LogP contribution in [-0.4, -0.2) is 29.7 Å². The van der Waals surface area contributed by atoms with Crippen LogP contribution in [0.15, 0.2) is 47.6 Å². The number of rotatable bonds is 4. The molecule has 0 radical (unpaired) electrons. The first-order valence-corrected chi connectivity index (χ1v) is 12.2. The number of hydrazone groups is 1. The predicted octanol–water partition coefficient (Wildman–Crippen LogP) is 5.96. The van der Waals surface area contributed by atoms with E-state index >= 15 is 0 Å². The first-order chi connectivity index (χ1) is 15.4. The number of carbonyl (C=O) groups is 1. The molecule has 2 fully saturated rings. The second-order valence-electron chi connectivity index (χ2n) is 9.01. The van der Waals surface area contributed by atoms with E-state index in [9.17, 15) is 4.79 Å². The third-order valence-electron chi connectivity index (χ3n) is 6.97. The third kappa shape index (κ3) is 4.12. The van der Waals surface area contributed by atoms with E-state index in [1.165, 1.54) is 19.3 Å². The highest BCUT2D eigenvalue weighted by Gasteiger charge is 2.42. The molecular formula is C24H25Cl3N4O. The van der Waals surface area contributed by atoms with Gasteiger partial charge in [0.05, 0.1) is 16.8 Å². The minimum Gasteiger partial charge on any atom is -0.284 e. The predicted molar refractivity (Wildman–Crippen MR) is 130 cm³/mol. The maximum atomic E-state index is 13.3. The Labute approximate surface area is 203 Å². The van der Waals surface area contributed by atoms with Crippen molar-refractivity contribution in [3.8, 4) is 0 Å². The van der Waals surface area contributed by atoms with E-state index in [-0.39, 0.29) is 17.9 Å². The highest BCUT2D eigenvalue weighted by Crippen LogP contribution is 2.43. The first kappa shape index (κ1) is 22.0. The molecule has 0 bridgehead atoms. The second kappa shape index (κ2) is 8.86. The van der Waals surface area contributed by atoms with Gasteiger partial charge in [0.15, 0.2) is 0 Å². The standard InChI is InChI=1S/C24H25Cl3N4O/c1-14-22(24(32)29-30-12-16-3-2-4-17(16)13-30)28-31(21-10-9-19(26)11-20(21)27)23(14)15-5-7-18(25)8-6-15/h5-11,14,16-17,23H,2-4,12-13H2,1H3,(H,29,32)/t14-,16?,17?,23-/m1/s1. The lowest BCUT2D eigenvalue weighted by atomic mass is 9.91. The van der Waals surface area contributed by atoms with Gasteiger partial charge in [-0.2, -0.15) is 5.10 Å². The summed E-state index contributed by atoms with van der Waals surface area (Å²) in [6.45, 7) is 3.87. The van der Waals surface area contributed by atoms with Crippen molar-refractivity contribution in [1.82, 2.24) is 10.4 Å². The van der Waals surface area contributed by atoms with Crippen molar-refractivity contribution in [2.75, 3.05) is 18.1 Å². The van der Waals surface area contributed by atoms with Gasteiger partial charge in [-0.1, -0.05) is 60.3 Å². The van der Waals surface area contributed by atoms with E-state index in [1.807, 2.05) is 42.3 Å². The average Bonchev–Trinajstić information content (AvgIpc) is 3.42. The van der Waals surface area contributed by atoms with Crippen LogP contribution in [0.1, 0.15) is 37.8 Å². The van der Waals surface area contributed by atoms with E-state index in [0.29, 0.717) is 38.3 Å². The molecule has 1 N–H and O–H groups in total. The Kier molecular flexibility index (Phi) is 6.10. The highest BCUT2D eigenvalue weighted by atomic mass is 35.5. The number of hydrogen-bond acceptors (Lipinski definition) is 4. The zero-order valence-electron chi connectivity index (χ0n) is 17.8. The summed E-state index contributed by atoms with van der Waals surface area (Å²) in [7, 11) is 0. The fourth-order valence-corrected chi connectivity index (χ4v) is 5.99. The average molecular weight is 492 g/mol. The molecule has 0 spiro atoms. The molecule has 5 rings (SSSR count). The summed E-state index contributed by atoms with van der Waals surface area (Å²) in [5.74, 6) is 1.10. The van der Waals surface area contributed by atoms with Gasteiger partial charge in [0.25, 0.3) is 5.91 Å². The van der Waals surface area contributed by atoms with Crippen molar-refractivity contribution in [1.29, 1.82) is 0 Å². The number of carbonyl (C=O) groups excluding carboxylic acids is 1. The van der Waals surface area contributed by atoms with Crippen LogP contribution >= 0.6 is 34.8 Å². The molecule has 2 aromatic carbocycles. The summed E-state index contributed by atoms with van der Waals surface area (Å²) >= 11 is 18.8. The van der Waals surface area contributed by atoms with Crippen LogP contribution < -0.4 is 10.4 Å². The van der Waals surface area contributed by atoms with Gasteiger partial charge in [0, 0.05) is 29.1 Å². The third-order valence-corrected chi connectivity index (χ3v) is 7.76. The minimum atomic E-state index is -0.190. The van der Waals surface area contributed by atoms with Crippen LogP contribution in [0.25, 0.3) is 0 Å². The highest BCUT2D eigenvalue weighted by molar-refractivity contribution is 6.41. The summed E-state index contributed by atoms with van der Waals surface area (Å²) in [5, 5.41) is 10.4. The summed E-state index contributed by atoms with van der Waals surface area (Å²) in [6, 6.07) is 12.8. The molecule has 3 aliphatic rings. The van der Waals surface area contributed by atoms with Crippen molar-refractivity contribution in [2.24, 2.45) is 22.9 Å². The number of anilines is 1. The number of fused-ring (bicyclic) bond motifs is 1. The molecule has 2 aliphatic heterocycles. The van der Waals surface area contributed by atoms with Gasteiger partial charge in [-0.25, -0.2) is 5.01 Å². The van der Waals surface area contributed by atoms with Crippen LogP contribution in [0, 0.1) is 17.8 Å². The first-order valence-electron chi connectivity index (χ1n) is 11.0. The lowest BCUT2D eigenvalue weighted by molar-refractivity contribution is -0.119. The van der Waals surface area contributed by atoms with E-state index in [4.69, 9.17) is 39.9 Å². The quantitative estimate of drug-likeness (QED) is 0.574. The molecule has 0 aromatic heterocycles. The molecule has 1 saturated heterocycles. The summed E-state index contributed by atoms with van der Waals surface area (Å²) in [4.78, 5) is 13.3. The second-order valence-corrected chi connectivity index (χ2v) is 10.3. The maximum Gasteiger partial charge on any atom is 0.282 e. The van der Waals surface area contributed by atoms with Crippen LogP contribution in [-0.2, 0) is 4.79 Å². The monoisotopic (exact) mass is 490 g/mol. The normalized spacial score (nSPS) is 27.5. The molecule has 2 unspecified atom stereocenters. The molecule has 8 heteroatoms. The van der Waals surface area contributed by atoms with Crippen LogP contribution in [0.5, 0.6) is 0 Å². The lowest BCUT2D eigenvalue weighted by Crippen LogP contribution is -2.45. The molecule has 2 heterocycles. The number of nitrogens with zero attached hydrogens (tertiary/aromatic N) is 3. The topological polar surface area (TPSA) is 47.9 Å². The van der Waals surface area contributed by atoms with Crippen LogP contribution in [0.3, 0.4) is 0 Å². The molecule has 2 aromatic rings. The molecular weight excluding hydrogens is 467 g/mol. The van der Waals surface area contributed by atoms with E-state index < -0.39 is 0 Å². The fraction of sp³-hybridized carbons (Fsp3) is 0.417. The van der Waals surface area contributed by atoms with Crippen LogP contribution in [0.4, 0.5) is 5.69 Å². The van der Waals surface area contributed by atoms with Crippen molar-refractivity contribution >= 4 is 52.1 Å². The Balaban J connectivity index is 1.44. The Bertz CT molecular complexity index is 1050. The minimum absolute atomic E-state index is 0.148. The van der Waals surface area contributed by atoms with E-state index in [2.05, 4.69) is 10.4 Å². The van der Waals surface area contributed by atoms with Crippen molar-refractivity contribution in [3.05, 3.63) is 63.1 Å². The van der Waals surface area contributed by atoms with Gasteiger partial charge in [-0.15, -0.1) is 0 Å². The number of halogens is 3. The van der Waals surface area contributed by atoms with Crippen molar-refractivity contribution < 1.29 is 4.79 Å². The molecule has 1 amide bonds. The molecule has 1 aliphatic carbocycles. The summed E-state index contributed by atoms with van der Waals surface area (Å²) in [6.07, 6.45) is 3.83. The van der Waals surface area contributed by atoms with E-state index in [0.717, 1.165) is 18.7 Å². The number of nitrogens with one attached hydrogen (secondary N) is 1. The number of amides is 1. The Morgan fingerprint density at radius 3 is 2.31 bits per heavy atom. The summed E-state index contributed by atoms with van der Waals surface area (Å²) < 4.78 is 0. The number of benzene rings is 2. The van der Waals surface area contributed by atoms with Gasteiger partial charge in [-0.05, 0) is 60.6 Å². The molecule has 168 valence electrons. The number of hydrogen-bond donors (Lipinski definition) is 1. The van der Waals surface area contributed by atoms with Crippen molar-refractivity contribution in [3.63, 3.8) is 0 Å². The van der Waals surface area contributed by atoms with Gasteiger partial charge >= 0.3 is 0 Å². The van der Waals surface area contributed by atoms with Gasteiger partial charge in [0.1, 0.15) is 5.71 Å². The SMILES string of the molecule is C[C@@H]1C(C(=O)NN2CC3CCCC3C2)=NN(c2ccc(Cl)cc2Cl)[C@H]1c1ccc(Cl)cc1. The Morgan fingerprint density at radius 1 is 1.00 bits per heavy atom. The van der Waals surface area contributed by atoms with Gasteiger partial charge in [-0.3, -0.25) is 15.2 Å².